The molecule has 25 heavy (non-hydrogen) atoms. The second kappa shape index (κ2) is 6.18. The Hall–Kier alpha value is -2.35. The van der Waals surface area contributed by atoms with Crippen molar-refractivity contribution in [1.29, 1.82) is 0 Å². The summed E-state index contributed by atoms with van der Waals surface area (Å²) < 4.78 is 16.5. The minimum Gasteiger partial charge on any atom is -0.483 e. The van der Waals surface area contributed by atoms with Crippen LogP contribution in [0.5, 0.6) is 5.75 Å². The fourth-order valence-corrected chi connectivity index (χ4v) is 3.51. The van der Waals surface area contributed by atoms with E-state index in [0.717, 1.165) is 18.7 Å². The number of hydrogen-bond donors (Lipinski definition) is 0. The van der Waals surface area contributed by atoms with Gasteiger partial charge in [-0.15, -0.1) is 0 Å². The minimum atomic E-state index is -0.759. The first-order chi connectivity index (χ1) is 11.8. The van der Waals surface area contributed by atoms with Gasteiger partial charge in [-0.05, 0) is 31.8 Å². The number of esters is 1. The number of carbonyl (C=O) groups is 1. The summed E-state index contributed by atoms with van der Waals surface area (Å²) in [4.78, 5) is 14.3. The topological polar surface area (TPSA) is 91.7 Å². The largest absolute Gasteiger partial charge is 0.483 e. The van der Waals surface area contributed by atoms with Crippen LogP contribution in [-0.4, -0.2) is 40.8 Å². The summed E-state index contributed by atoms with van der Waals surface area (Å²) in [7, 11) is 0. The highest BCUT2D eigenvalue weighted by Crippen LogP contribution is 2.45. The van der Waals surface area contributed by atoms with Gasteiger partial charge in [0.1, 0.15) is 11.4 Å². The molecule has 0 fully saturated rings. The van der Waals surface area contributed by atoms with Gasteiger partial charge in [0.2, 0.25) is 11.0 Å². The minimum absolute atomic E-state index is 0.209. The quantitative estimate of drug-likeness (QED) is 0.615. The van der Waals surface area contributed by atoms with Crippen LogP contribution >= 0.6 is 0 Å². The summed E-state index contributed by atoms with van der Waals surface area (Å²) in [6, 6.07) is 3.20. The van der Waals surface area contributed by atoms with Crippen molar-refractivity contribution >= 4 is 17.0 Å². The van der Waals surface area contributed by atoms with Gasteiger partial charge in [0, 0.05) is 29.8 Å². The van der Waals surface area contributed by atoms with Crippen LogP contribution in [0.2, 0.25) is 0 Å². The third-order valence-corrected chi connectivity index (χ3v) is 4.68. The third kappa shape index (κ3) is 2.90. The van der Waals surface area contributed by atoms with Crippen molar-refractivity contribution in [2.45, 2.75) is 52.4 Å². The summed E-state index contributed by atoms with van der Waals surface area (Å²) in [6.07, 6.45) is -0.499. The molecule has 2 atom stereocenters. The number of nitrogens with zero attached hydrogens (tertiary/aromatic N) is 3. The summed E-state index contributed by atoms with van der Waals surface area (Å²) in [5.41, 5.74) is 0.815. The van der Waals surface area contributed by atoms with E-state index < -0.39 is 11.7 Å². The lowest BCUT2D eigenvalue weighted by Crippen LogP contribution is -2.55. The van der Waals surface area contributed by atoms with Gasteiger partial charge >= 0.3 is 5.97 Å². The van der Waals surface area contributed by atoms with Crippen molar-refractivity contribution in [3.63, 3.8) is 0 Å². The molecule has 0 aliphatic carbocycles. The zero-order valence-electron chi connectivity index (χ0n) is 15.1. The van der Waals surface area contributed by atoms with Gasteiger partial charge < -0.3 is 14.7 Å². The van der Waals surface area contributed by atoms with Gasteiger partial charge in [-0.25, -0.2) is 0 Å². The molecule has 0 amide bonds. The molecule has 8 nitrogen and oxygen atoms in total. The molecule has 2 unspecified atom stereocenters. The highest BCUT2D eigenvalue weighted by Gasteiger charge is 2.48. The van der Waals surface area contributed by atoms with E-state index in [-0.39, 0.29) is 12.0 Å². The predicted molar refractivity (Wildman–Crippen MR) is 88.9 cm³/mol. The first-order valence-electron chi connectivity index (χ1n) is 8.42. The Bertz CT molecular complexity index is 797. The molecule has 1 aromatic carbocycles. The van der Waals surface area contributed by atoms with E-state index in [0.29, 0.717) is 21.7 Å². The Balaban J connectivity index is 2.21. The first kappa shape index (κ1) is 17.5. The second-order valence-corrected chi connectivity index (χ2v) is 6.71. The Morgan fingerprint density at radius 3 is 2.68 bits per heavy atom. The van der Waals surface area contributed by atoms with Crippen molar-refractivity contribution in [3.8, 4) is 5.75 Å². The van der Waals surface area contributed by atoms with E-state index in [1.165, 1.54) is 6.92 Å². The van der Waals surface area contributed by atoms with E-state index in [9.17, 15) is 10.0 Å². The average Bonchev–Trinajstić information content (AvgIpc) is 2.89. The monoisotopic (exact) mass is 349 g/mol. The summed E-state index contributed by atoms with van der Waals surface area (Å²) >= 11 is 0. The van der Waals surface area contributed by atoms with Crippen LogP contribution < -0.4 is 9.64 Å². The fourth-order valence-electron chi connectivity index (χ4n) is 3.51. The number of rotatable bonds is 4. The summed E-state index contributed by atoms with van der Waals surface area (Å²) in [5.74, 6) is 0.216. The lowest BCUT2D eigenvalue weighted by atomic mass is 9.85. The van der Waals surface area contributed by atoms with Crippen LogP contribution in [0, 0.1) is 5.21 Å². The highest BCUT2D eigenvalue weighted by molar-refractivity contribution is 5.75. The van der Waals surface area contributed by atoms with Crippen LogP contribution in [0.4, 0.5) is 0 Å². The van der Waals surface area contributed by atoms with Crippen molar-refractivity contribution in [1.82, 2.24) is 10.1 Å². The maximum Gasteiger partial charge on any atom is 0.303 e. The van der Waals surface area contributed by atoms with Crippen molar-refractivity contribution < 1.29 is 23.8 Å². The third-order valence-electron chi connectivity index (χ3n) is 4.68. The standard InChI is InChI=1S/C17H23N3O5/c1-6-19(7-2)15-11-8-12-13(20(22)25-18-12)9-14(11)24-17(4,5)16(15)23-10(3)21/h8-9,15-16H,6-7H2,1-5H3. The van der Waals surface area contributed by atoms with Crippen molar-refractivity contribution in [3.05, 3.63) is 22.9 Å². The van der Waals surface area contributed by atoms with Crippen LogP contribution in [-0.2, 0) is 9.53 Å². The highest BCUT2D eigenvalue weighted by atomic mass is 16.8. The molecule has 8 heteroatoms. The van der Waals surface area contributed by atoms with E-state index >= 15 is 0 Å². The van der Waals surface area contributed by atoms with Gasteiger partial charge in [0.05, 0.1) is 6.04 Å². The Morgan fingerprint density at radius 2 is 2.08 bits per heavy atom. The SMILES string of the molecule is CCN(CC)C1c2cc3no[n+]([O-])c3cc2OC(C)(C)C1OC(C)=O. The van der Waals surface area contributed by atoms with E-state index in [4.69, 9.17) is 9.47 Å². The Kier molecular flexibility index (Phi) is 4.32. The number of ether oxygens (including phenoxy) is 2. The van der Waals surface area contributed by atoms with Gasteiger partial charge in [-0.1, -0.05) is 13.8 Å². The van der Waals surface area contributed by atoms with Crippen LogP contribution in [0.25, 0.3) is 11.0 Å². The van der Waals surface area contributed by atoms with E-state index in [1.807, 2.05) is 13.8 Å². The van der Waals surface area contributed by atoms with Crippen LogP contribution in [0.15, 0.2) is 16.8 Å². The maximum atomic E-state index is 11.7. The summed E-state index contributed by atoms with van der Waals surface area (Å²) in [5, 5.41) is 15.5. The number of aromatic nitrogens is 2. The average molecular weight is 349 g/mol. The fraction of sp³-hybridized carbons (Fsp3) is 0.588. The van der Waals surface area contributed by atoms with Gasteiger partial charge in [-0.3, -0.25) is 14.3 Å². The molecule has 1 aliphatic rings. The molecule has 0 radical (unpaired) electrons. The summed E-state index contributed by atoms with van der Waals surface area (Å²) in [6.45, 7) is 10.8. The Labute approximate surface area is 145 Å². The predicted octanol–water partition coefficient (Wildman–Crippen LogP) is 1.95. The lowest BCUT2D eigenvalue weighted by molar-refractivity contribution is -0.782. The molecule has 1 aromatic heterocycles. The molecule has 0 spiro atoms. The molecule has 3 rings (SSSR count). The zero-order chi connectivity index (χ0) is 18.4. The van der Waals surface area contributed by atoms with Crippen LogP contribution in [0.3, 0.4) is 0 Å². The van der Waals surface area contributed by atoms with Crippen molar-refractivity contribution in [2.75, 3.05) is 13.1 Å². The lowest BCUT2D eigenvalue weighted by Gasteiger charge is -2.47. The number of benzene rings is 1. The Morgan fingerprint density at radius 1 is 1.40 bits per heavy atom. The van der Waals surface area contributed by atoms with Gasteiger partial charge in [0.25, 0.3) is 0 Å². The maximum absolute atomic E-state index is 11.7. The smallest absolute Gasteiger partial charge is 0.303 e. The molecular weight excluding hydrogens is 326 g/mol. The molecule has 0 saturated heterocycles. The molecule has 2 heterocycles. The van der Waals surface area contributed by atoms with E-state index in [2.05, 4.69) is 28.5 Å². The first-order valence-corrected chi connectivity index (χ1v) is 8.42. The second-order valence-electron chi connectivity index (χ2n) is 6.71. The molecule has 0 saturated carbocycles. The zero-order valence-corrected chi connectivity index (χ0v) is 15.1. The number of fused-ring (bicyclic) bond motifs is 2. The number of carbonyl (C=O) groups excluding carboxylic acids is 1. The molecule has 0 N–H and O–H groups in total. The number of hydrogen-bond acceptors (Lipinski definition) is 7. The molecular formula is C17H23N3O5. The van der Waals surface area contributed by atoms with E-state index in [1.54, 1.807) is 12.1 Å². The van der Waals surface area contributed by atoms with Gasteiger partial charge in [0.15, 0.2) is 6.10 Å². The van der Waals surface area contributed by atoms with Gasteiger partial charge in [-0.2, -0.15) is 0 Å². The molecule has 0 bridgehead atoms. The van der Waals surface area contributed by atoms with Crippen LogP contribution in [0.1, 0.15) is 46.2 Å². The normalized spacial score (nSPS) is 21.8. The number of likely N-dealkylation sites (N-methyl/N-ethyl adjacent to an activating group) is 1. The van der Waals surface area contributed by atoms with Crippen molar-refractivity contribution in [2.24, 2.45) is 0 Å². The molecule has 1 aliphatic heterocycles. The molecule has 2 aromatic rings. The molecule has 136 valence electrons.